The summed E-state index contributed by atoms with van der Waals surface area (Å²) in [6, 6.07) is 26.0. The Morgan fingerprint density at radius 2 is 1.68 bits per heavy atom. The van der Waals surface area contributed by atoms with Crippen molar-refractivity contribution in [2.75, 3.05) is 5.32 Å². The molecular formula is C26H20N2O3. The lowest BCUT2D eigenvalue weighted by molar-refractivity contribution is 0.102. The molecule has 5 rings (SSSR count). The molecule has 5 heteroatoms. The van der Waals surface area contributed by atoms with E-state index in [2.05, 4.69) is 10.3 Å². The maximum atomic E-state index is 13.0. The normalized spacial score (nSPS) is 11.0. The zero-order chi connectivity index (χ0) is 21.4. The van der Waals surface area contributed by atoms with E-state index in [0.717, 1.165) is 16.3 Å². The van der Waals surface area contributed by atoms with Crippen LogP contribution in [0.3, 0.4) is 0 Å². The Kier molecular flexibility index (Phi) is 4.56. The fraction of sp³-hybridized carbons (Fsp3) is 0.0385. The first-order chi connectivity index (χ1) is 15.1. The van der Waals surface area contributed by atoms with Gasteiger partial charge in [-0.2, -0.15) is 0 Å². The van der Waals surface area contributed by atoms with Crippen LogP contribution in [0.5, 0.6) is 0 Å². The van der Waals surface area contributed by atoms with E-state index < -0.39 is 5.63 Å². The summed E-state index contributed by atoms with van der Waals surface area (Å²) in [6.07, 6.45) is 0. The maximum absolute atomic E-state index is 13.0. The maximum Gasteiger partial charge on any atom is 0.347 e. The Labute approximate surface area is 179 Å². The summed E-state index contributed by atoms with van der Waals surface area (Å²) < 4.78 is 5.48. The summed E-state index contributed by atoms with van der Waals surface area (Å²) in [5.74, 6) is -0.0850. The SMILES string of the molecule is Cc1ccc(-c2nc3ccccc3c(=O)o2)c(NC(=O)c2ccc3ccccc3c2)c1.[HH]. The molecule has 5 aromatic rings. The summed E-state index contributed by atoms with van der Waals surface area (Å²) >= 11 is 0. The van der Waals surface area contributed by atoms with Gasteiger partial charge in [0, 0.05) is 6.99 Å². The third-order valence-corrected chi connectivity index (χ3v) is 5.20. The molecule has 5 nitrogen and oxygen atoms in total. The van der Waals surface area contributed by atoms with Crippen LogP contribution in [0.1, 0.15) is 17.3 Å². The predicted octanol–water partition coefficient (Wildman–Crippen LogP) is 5.81. The number of anilines is 1. The molecule has 0 atom stereocenters. The van der Waals surface area contributed by atoms with Gasteiger partial charge in [0.1, 0.15) is 0 Å². The van der Waals surface area contributed by atoms with E-state index in [1.807, 2.05) is 61.5 Å². The van der Waals surface area contributed by atoms with Gasteiger partial charge in [-0.1, -0.05) is 48.5 Å². The Morgan fingerprint density at radius 3 is 2.55 bits per heavy atom. The number of aromatic nitrogens is 1. The molecule has 0 unspecified atom stereocenters. The first-order valence-corrected chi connectivity index (χ1v) is 9.89. The largest absolute Gasteiger partial charge is 0.403 e. The minimum absolute atomic E-state index is 0. The van der Waals surface area contributed by atoms with E-state index in [1.54, 1.807) is 30.3 Å². The number of carbonyl (C=O) groups is 1. The predicted molar refractivity (Wildman–Crippen MR) is 124 cm³/mol. The number of nitrogens with one attached hydrogen (secondary N) is 1. The molecule has 0 fully saturated rings. The van der Waals surface area contributed by atoms with Gasteiger partial charge < -0.3 is 9.73 Å². The van der Waals surface area contributed by atoms with Crippen LogP contribution in [0.2, 0.25) is 0 Å². The lowest BCUT2D eigenvalue weighted by Gasteiger charge is -2.12. The van der Waals surface area contributed by atoms with E-state index in [1.165, 1.54) is 0 Å². The second kappa shape index (κ2) is 7.54. The highest BCUT2D eigenvalue weighted by Gasteiger charge is 2.15. The second-order valence-corrected chi connectivity index (χ2v) is 7.39. The van der Waals surface area contributed by atoms with Crippen molar-refractivity contribution in [1.82, 2.24) is 4.98 Å². The molecule has 0 aliphatic heterocycles. The van der Waals surface area contributed by atoms with Crippen LogP contribution in [0, 0.1) is 6.92 Å². The van der Waals surface area contributed by atoms with Gasteiger partial charge in [0.15, 0.2) is 0 Å². The van der Waals surface area contributed by atoms with Gasteiger partial charge in [0.25, 0.3) is 5.91 Å². The van der Waals surface area contributed by atoms with Gasteiger partial charge in [-0.25, -0.2) is 9.78 Å². The highest BCUT2D eigenvalue weighted by molar-refractivity contribution is 6.08. The highest BCUT2D eigenvalue weighted by Crippen LogP contribution is 2.29. The molecule has 1 heterocycles. The van der Waals surface area contributed by atoms with Gasteiger partial charge in [0.2, 0.25) is 5.89 Å². The number of amides is 1. The first kappa shape index (κ1) is 18.8. The van der Waals surface area contributed by atoms with Crippen molar-refractivity contribution in [3.05, 3.63) is 106 Å². The molecule has 0 radical (unpaired) electrons. The summed E-state index contributed by atoms with van der Waals surface area (Å²) in [4.78, 5) is 29.9. The van der Waals surface area contributed by atoms with Crippen LogP contribution in [-0.4, -0.2) is 10.9 Å². The standard InChI is InChI=1S/C26H18N2O3.H2/c1-16-10-13-20(25-28-22-9-5-4-8-21(22)26(30)31-25)23(14-16)27-24(29)19-12-11-17-6-2-3-7-18(17)15-19;/h2-15H,1H3,(H,27,29);1H. The lowest BCUT2D eigenvalue weighted by atomic mass is 10.1. The molecule has 0 bridgehead atoms. The van der Waals surface area contributed by atoms with E-state index in [-0.39, 0.29) is 13.2 Å². The smallest absolute Gasteiger partial charge is 0.347 e. The Bertz CT molecular complexity index is 1530. The van der Waals surface area contributed by atoms with Gasteiger partial charge in [-0.05, 0) is 59.7 Å². The zero-order valence-electron chi connectivity index (χ0n) is 16.8. The average molecular weight is 408 g/mol. The molecule has 0 aliphatic carbocycles. The number of aryl methyl sites for hydroxylation is 1. The summed E-state index contributed by atoms with van der Waals surface area (Å²) in [7, 11) is 0. The quantitative estimate of drug-likeness (QED) is 0.409. The summed E-state index contributed by atoms with van der Waals surface area (Å²) in [5.41, 5.74) is 2.65. The molecule has 1 amide bonds. The van der Waals surface area contributed by atoms with Crippen LogP contribution in [0.15, 0.2) is 94.1 Å². The number of carbonyl (C=O) groups excluding carboxylic acids is 1. The molecule has 0 spiro atoms. The van der Waals surface area contributed by atoms with Crippen molar-refractivity contribution in [3.63, 3.8) is 0 Å². The first-order valence-electron chi connectivity index (χ1n) is 9.89. The molecule has 0 aliphatic rings. The minimum Gasteiger partial charge on any atom is -0.403 e. The Hall–Kier alpha value is -4.25. The van der Waals surface area contributed by atoms with Crippen LogP contribution in [0.4, 0.5) is 5.69 Å². The van der Waals surface area contributed by atoms with E-state index >= 15 is 0 Å². The number of fused-ring (bicyclic) bond motifs is 2. The number of hydrogen-bond donors (Lipinski definition) is 1. The fourth-order valence-corrected chi connectivity index (χ4v) is 3.61. The van der Waals surface area contributed by atoms with E-state index in [4.69, 9.17) is 4.42 Å². The van der Waals surface area contributed by atoms with Gasteiger partial charge in [0.05, 0.1) is 22.2 Å². The third-order valence-electron chi connectivity index (χ3n) is 5.20. The number of nitrogens with zero attached hydrogens (tertiary/aromatic N) is 1. The van der Waals surface area contributed by atoms with Gasteiger partial charge >= 0.3 is 5.63 Å². The summed E-state index contributed by atoms with van der Waals surface area (Å²) in [5, 5.41) is 5.43. The number of benzene rings is 4. The molecule has 1 aromatic heterocycles. The highest BCUT2D eigenvalue weighted by atomic mass is 16.4. The fourth-order valence-electron chi connectivity index (χ4n) is 3.61. The molecule has 1 N–H and O–H groups in total. The average Bonchev–Trinajstić information content (AvgIpc) is 2.79. The van der Waals surface area contributed by atoms with Crippen molar-refractivity contribution in [3.8, 4) is 11.5 Å². The monoisotopic (exact) mass is 408 g/mol. The molecule has 152 valence electrons. The van der Waals surface area contributed by atoms with Crippen LogP contribution in [-0.2, 0) is 0 Å². The summed E-state index contributed by atoms with van der Waals surface area (Å²) in [6.45, 7) is 1.93. The topological polar surface area (TPSA) is 72.2 Å². The minimum atomic E-state index is -0.465. The molecule has 31 heavy (non-hydrogen) atoms. The van der Waals surface area contributed by atoms with Crippen LogP contribution < -0.4 is 10.9 Å². The third kappa shape index (κ3) is 3.57. The lowest BCUT2D eigenvalue weighted by Crippen LogP contribution is -2.13. The van der Waals surface area contributed by atoms with Gasteiger partial charge in [-0.15, -0.1) is 0 Å². The van der Waals surface area contributed by atoms with Crippen molar-refractivity contribution in [1.29, 1.82) is 0 Å². The van der Waals surface area contributed by atoms with E-state index in [0.29, 0.717) is 27.7 Å². The Balaban J connectivity index is 0.00000245. The van der Waals surface area contributed by atoms with Crippen LogP contribution in [0.25, 0.3) is 33.1 Å². The van der Waals surface area contributed by atoms with Crippen molar-refractivity contribution in [2.45, 2.75) is 6.92 Å². The van der Waals surface area contributed by atoms with Crippen molar-refractivity contribution in [2.24, 2.45) is 0 Å². The van der Waals surface area contributed by atoms with Crippen molar-refractivity contribution < 1.29 is 10.6 Å². The van der Waals surface area contributed by atoms with E-state index in [9.17, 15) is 9.59 Å². The number of para-hydroxylation sites is 1. The molecule has 4 aromatic carbocycles. The van der Waals surface area contributed by atoms with Gasteiger partial charge in [-0.3, -0.25) is 4.79 Å². The van der Waals surface area contributed by atoms with Crippen LogP contribution >= 0.6 is 0 Å². The zero-order valence-corrected chi connectivity index (χ0v) is 16.8. The number of rotatable bonds is 3. The molecule has 0 saturated carbocycles. The molecule has 0 saturated heterocycles. The molecular weight excluding hydrogens is 388 g/mol. The Morgan fingerprint density at radius 1 is 0.903 bits per heavy atom. The number of hydrogen-bond acceptors (Lipinski definition) is 4. The van der Waals surface area contributed by atoms with Crippen molar-refractivity contribution >= 4 is 33.3 Å². The second-order valence-electron chi connectivity index (χ2n) is 7.39.